The molecule has 1 aromatic carbocycles. The maximum Gasteiger partial charge on any atom is 0.0750 e. The minimum absolute atomic E-state index is 0.317. The maximum absolute atomic E-state index is 5.71. The monoisotopic (exact) mass is 276 g/mol. The zero-order valence-corrected chi connectivity index (χ0v) is 13.3. The third-order valence-corrected chi connectivity index (χ3v) is 4.19. The van der Waals surface area contributed by atoms with Crippen LogP contribution in [0.2, 0.25) is 0 Å². The normalized spacial score (nSPS) is 22.2. The lowest BCUT2D eigenvalue weighted by molar-refractivity contribution is 0.118. The van der Waals surface area contributed by atoms with E-state index in [2.05, 4.69) is 56.2 Å². The number of likely N-dealkylation sites (N-methyl/N-ethyl adjacent to an activating group) is 1. The van der Waals surface area contributed by atoms with Crippen LogP contribution in [-0.2, 0) is 11.3 Å². The average Bonchev–Trinajstić information content (AvgIpc) is 2.85. The fourth-order valence-electron chi connectivity index (χ4n) is 3.01. The lowest BCUT2D eigenvalue weighted by Gasteiger charge is -2.31. The van der Waals surface area contributed by atoms with E-state index in [0.29, 0.717) is 12.1 Å². The second-order valence-corrected chi connectivity index (χ2v) is 5.85. The molecule has 1 heterocycles. The zero-order chi connectivity index (χ0) is 14.5. The number of nitrogens with zero attached hydrogens (tertiary/aromatic N) is 1. The van der Waals surface area contributed by atoms with Gasteiger partial charge in [0.15, 0.2) is 0 Å². The van der Waals surface area contributed by atoms with Crippen molar-refractivity contribution in [3.63, 3.8) is 0 Å². The molecular formula is C17H28N2O. The largest absolute Gasteiger partial charge is 0.376 e. The molecule has 0 spiro atoms. The number of hydrogen-bond acceptors (Lipinski definition) is 3. The highest BCUT2D eigenvalue weighted by atomic mass is 16.5. The molecule has 0 radical (unpaired) electrons. The van der Waals surface area contributed by atoms with Gasteiger partial charge in [-0.1, -0.05) is 24.6 Å². The maximum atomic E-state index is 5.71. The number of rotatable bonds is 6. The van der Waals surface area contributed by atoms with Gasteiger partial charge in [0.05, 0.1) is 12.1 Å². The summed E-state index contributed by atoms with van der Waals surface area (Å²) in [6.07, 6.45) is 2.61. The summed E-state index contributed by atoms with van der Waals surface area (Å²) in [6, 6.07) is 7.25. The quantitative estimate of drug-likeness (QED) is 0.808. The Labute approximate surface area is 123 Å². The van der Waals surface area contributed by atoms with Crippen molar-refractivity contribution in [1.29, 1.82) is 0 Å². The first-order valence-corrected chi connectivity index (χ1v) is 7.78. The van der Waals surface area contributed by atoms with Crippen molar-refractivity contribution >= 4 is 5.69 Å². The predicted molar refractivity (Wildman–Crippen MR) is 85.4 cm³/mol. The zero-order valence-electron chi connectivity index (χ0n) is 13.3. The van der Waals surface area contributed by atoms with Crippen LogP contribution in [0.1, 0.15) is 37.8 Å². The van der Waals surface area contributed by atoms with Gasteiger partial charge in [-0.15, -0.1) is 0 Å². The Morgan fingerprint density at radius 3 is 2.85 bits per heavy atom. The van der Waals surface area contributed by atoms with Gasteiger partial charge in [-0.05, 0) is 44.9 Å². The van der Waals surface area contributed by atoms with E-state index in [9.17, 15) is 0 Å². The molecule has 1 saturated heterocycles. The first kappa shape index (κ1) is 15.3. The molecule has 0 aliphatic carbocycles. The molecule has 0 bridgehead atoms. The standard InChI is InChI=1S/C17H28N2O/c1-5-9-18-12-15-11-13(2)6-7-17(15)19(4)16-8-10-20-14(16)3/h6-7,11,14,16,18H,5,8-10,12H2,1-4H3. The van der Waals surface area contributed by atoms with E-state index >= 15 is 0 Å². The van der Waals surface area contributed by atoms with Crippen LogP contribution in [0.5, 0.6) is 0 Å². The van der Waals surface area contributed by atoms with E-state index in [1.807, 2.05) is 0 Å². The van der Waals surface area contributed by atoms with Gasteiger partial charge >= 0.3 is 0 Å². The molecule has 0 saturated carbocycles. The molecule has 1 N–H and O–H groups in total. The van der Waals surface area contributed by atoms with Crippen LogP contribution < -0.4 is 10.2 Å². The van der Waals surface area contributed by atoms with E-state index in [4.69, 9.17) is 4.74 Å². The molecule has 20 heavy (non-hydrogen) atoms. The number of anilines is 1. The van der Waals surface area contributed by atoms with E-state index in [0.717, 1.165) is 26.1 Å². The molecule has 3 heteroatoms. The van der Waals surface area contributed by atoms with Crippen molar-refractivity contribution in [2.75, 3.05) is 25.1 Å². The molecule has 2 unspecified atom stereocenters. The van der Waals surface area contributed by atoms with Crippen molar-refractivity contribution in [2.45, 2.75) is 52.3 Å². The number of aryl methyl sites for hydroxylation is 1. The molecule has 1 fully saturated rings. The van der Waals surface area contributed by atoms with Crippen LogP contribution in [0.4, 0.5) is 5.69 Å². The molecule has 3 nitrogen and oxygen atoms in total. The SMILES string of the molecule is CCCNCc1cc(C)ccc1N(C)C1CCOC1C. The number of benzene rings is 1. The average molecular weight is 276 g/mol. The van der Waals surface area contributed by atoms with Gasteiger partial charge in [-0.2, -0.15) is 0 Å². The Hall–Kier alpha value is -1.06. The van der Waals surface area contributed by atoms with Crippen LogP contribution in [0.25, 0.3) is 0 Å². The fraction of sp³-hybridized carbons (Fsp3) is 0.647. The van der Waals surface area contributed by atoms with Crippen molar-refractivity contribution in [3.05, 3.63) is 29.3 Å². The summed E-state index contributed by atoms with van der Waals surface area (Å²) in [4.78, 5) is 2.40. The summed E-state index contributed by atoms with van der Waals surface area (Å²) in [5.41, 5.74) is 4.05. The van der Waals surface area contributed by atoms with Crippen molar-refractivity contribution in [2.24, 2.45) is 0 Å². The molecule has 0 amide bonds. The van der Waals surface area contributed by atoms with Crippen LogP contribution >= 0.6 is 0 Å². The predicted octanol–water partition coefficient (Wildman–Crippen LogP) is 3.11. The van der Waals surface area contributed by atoms with Crippen molar-refractivity contribution in [1.82, 2.24) is 5.32 Å². The lowest BCUT2D eigenvalue weighted by Crippen LogP contribution is -2.37. The lowest BCUT2D eigenvalue weighted by atomic mass is 10.0. The molecule has 1 aliphatic heterocycles. The van der Waals surface area contributed by atoms with E-state index in [1.165, 1.54) is 23.2 Å². The molecule has 2 rings (SSSR count). The van der Waals surface area contributed by atoms with Gasteiger partial charge in [0.25, 0.3) is 0 Å². The topological polar surface area (TPSA) is 24.5 Å². The number of ether oxygens (including phenoxy) is 1. The molecule has 2 atom stereocenters. The molecule has 1 aromatic rings. The van der Waals surface area contributed by atoms with Gasteiger partial charge in [0, 0.05) is 25.9 Å². The Morgan fingerprint density at radius 1 is 1.40 bits per heavy atom. The highest BCUT2D eigenvalue weighted by Crippen LogP contribution is 2.28. The van der Waals surface area contributed by atoms with Crippen LogP contribution in [0.15, 0.2) is 18.2 Å². The summed E-state index contributed by atoms with van der Waals surface area (Å²) in [5.74, 6) is 0. The first-order chi connectivity index (χ1) is 9.63. The smallest absolute Gasteiger partial charge is 0.0750 e. The first-order valence-electron chi connectivity index (χ1n) is 7.78. The third-order valence-electron chi connectivity index (χ3n) is 4.19. The van der Waals surface area contributed by atoms with E-state index in [-0.39, 0.29) is 0 Å². The van der Waals surface area contributed by atoms with Gasteiger partial charge in [0.1, 0.15) is 0 Å². The Kier molecular flexibility index (Phi) is 5.44. The molecule has 112 valence electrons. The number of hydrogen-bond donors (Lipinski definition) is 1. The Balaban J connectivity index is 2.16. The summed E-state index contributed by atoms with van der Waals surface area (Å²) in [7, 11) is 2.20. The van der Waals surface area contributed by atoms with E-state index in [1.54, 1.807) is 0 Å². The minimum atomic E-state index is 0.317. The van der Waals surface area contributed by atoms with Crippen molar-refractivity contribution in [3.8, 4) is 0 Å². The Morgan fingerprint density at radius 2 is 2.20 bits per heavy atom. The van der Waals surface area contributed by atoms with Crippen molar-refractivity contribution < 1.29 is 4.74 Å². The van der Waals surface area contributed by atoms with Crippen LogP contribution in [0, 0.1) is 6.92 Å². The molecular weight excluding hydrogens is 248 g/mol. The molecule has 1 aliphatic rings. The highest BCUT2D eigenvalue weighted by Gasteiger charge is 2.28. The van der Waals surface area contributed by atoms with Gasteiger partial charge in [-0.25, -0.2) is 0 Å². The van der Waals surface area contributed by atoms with Gasteiger partial charge in [0.2, 0.25) is 0 Å². The minimum Gasteiger partial charge on any atom is -0.376 e. The van der Waals surface area contributed by atoms with Gasteiger partial charge in [-0.3, -0.25) is 0 Å². The Bertz CT molecular complexity index is 433. The fourth-order valence-corrected chi connectivity index (χ4v) is 3.01. The van der Waals surface area contributed by atoms with E-state index < -0.39 is 0 Å². The van der Waals surface area contributed by atoms with Crippen LogP contribution in [-0.4, -0.2) is 32.3 Å². The summed E-state index contributed by atoms with van der Waals surface area (Å²) >= 11 is 0. The number of nitrogens with one attached hydrogen (secondary N) is 1. The molecule has 0 aromatic heterocycles. The summed E-state index contributed by atoms with van der Waals surface area (Å²) in [6.45, 7) is 9.43. The van der Waals surface area contributed by atoms with Crippen LogP contribution in [0.3, 0.4) is 0 Å². The van der Waals surface area contributed by atoms with Gasteiger partial charge < -0.3 is 15.0 Å². The summed E-state index contributed by atoms with van der Waals surface area (Å²) < 4.78 is 5.71. The summed E-state index contributed by atoms with van der Waals surface area (Å²) in [5, 5.41) is 3.52. The highest BCUT2D eigenvalue weighted by molar-refractivity contribution is 5.55. The second-order valence-electron chi connectivity index (χ2n) is 5.85. The third kappa shape index (κ3) is 3.53. The second kappa shape index (κ2) is 7.09.